The van der Waals surface area contributed by atoms with E-state index >= 15 is 0 Å². The van der Waals surface area contributed by atoms with Crippen molar-refractivity contribution in [3.63, 3.8) is 0 Å². The number of morpholine rings is 1. The molecule has 1 saturated heterocycles. The van der Waals surface area contributed by atoms with Gasteiger partial charge in [0, 0.05) is 37.3 Å². The van der Waals surface area contributed by atoms with Crippen LogP contribution in [0.15, 0.2) is 47.6 Å². The van der Waals surface area contributed by atoms with Crippen LogP contribution in [0, 0.1) is 13.8 Å². The number of carbonyl (C=O) groups is 2. The summed E-state index contributed by atoms with van der Waals surface area (Å²) < 4.78 is 5.39. The molecule has 0 unspecified atom stereocenters. The van der Waals surface area contributed by atoms with Gasteiger partial charge in [-0.25, -0.2) is 5.01 Å². The van der Waals surface area contributed by atoms with Crippen LogP contribution in [-0.2, 0) is 14.3 Å². The predicted octanol–water partition coefficient (Wildman–Crippen LogP) is 3.26. The van der Waals surface area contributed by atoms with Crippen LogP contribution in [-0.4, -0.2) is 43.8 Å². The molecule has 2 amide bonds. The summed E-state index contributed by atoms with van der Waals surface area (Å²) in [4.78, 5) is 27.5. The van der Waals surface area contributed by atoms with Gasteiger partial charge in [0.05, 0.1) is 18.9 Å². The molecule has 2 aliphatic heterocycles. The van der Waals surface area contributed by atoms with Gasteiger partial charge in [0.25, 0.3) is 5.91 Å². The molecular weight excluding hydrogens is 380 g/mol. The fraction of sp³-hybridized carbons (Fsp3) is 0.348. The molecule has 2 heterocycles. The third kappa shape index (κ3) is 4.36. The van der Waals surface area contributed by atoms with Crippen LogP contribution >= 0.6 is 0 Å². The van der Waals surface area contributed by atoms with Gasteiger partial charge in [0.1, 0.15) is 5.71 Å². The number of nitrogens with one attached hydrogen (secondary N) is 1. The Labute approximate surface area is 176 Å². The molecule has 0 spiro atoms. The molecule has 0 radical (unpaired) electrons. The summed E-state index contributed by atoms with van der Waals surface area (Å²) in [5.74, 6) is -0.382. The summed E-state index contributed by atoms with van der Waals surface area (Å²) in [7, 11) is 0. The highest BCUT2D eigenvalue weighted by molar-refractivity contribution is 6.44. The third-order valence-electron chi connectivity index (χ3n) is 5.39. The summed E-state index contributed by atoms with van der Waals surface area (Å²) in [5, 5.41) is 8.66. The van der Waals surface area contributed by atoms with E-state index in [0.29, 0.717) is 17.8 Å². The zero-order valence-corrected chi connectivity index (χ0v) is 17.4. The molecule has 0 aromatic heterocycles. The first-order valence-corrected chi connectivity index (χ1v) is 10.2. The summed E-state index contributed by atoms with van der Waals surface area (Å²) in [6.07, 6.45) is 0.591. The van der Waals surface area contributed by atoms with E-state index in [4.69, 9.17) is 4.74 Å². The van der Waals surface area contributed by atoms with Gasteiger partial charge in [-0.1, -0.05) is 12.1 Å². The SMILES string of the molecule is Cc1ccc(C)c(N2N=C(C(=O)Nc3ccc(N4CCOCC4)cc3)CCC2=O)c1. The number of hydrogen-bond acceptors (Lipinski definition) is 5. The monoisotopic (exact) mass is 406 g/mol. The van der Waals surface area contributed by atoms with Crippen molar-refractivity contribution in [3.8, 4) is 0 Å². The highest BCUT2D eigenvalue weighted by Gasteiger charge is 2.26. The Hall–Kier alpha value is -3.19. The molecule has 2 aliphatic rings. The highest BCUT2D eigenvalue weighted by atomic mass is 16.5. The van der Waals surface area contributed by atoms with Crippen LogP contribution in [0.5, 0.6) is 0 Å². The van der Waals surface area contributed by atoms with Gasteiger partial charge >= 0.3 is 0 Å². The quantitative estimate of drug-likeness (QED) is 0.846. The van der Waals surface area contributed by atoms with E-state index in [1.54, 1.807) is 0 Å². The smallest absolute Gasteiger partial charge is 0.271 e. The van der Waals surface area contributed by atoms with Crippen molar-refractivity contribution in [1.29, 1.82) is 0 Å². The standard InChI is InChI=1S/C23H26N4O3/c1-16-3-4-17(2)21(15-16)27-22(28)10-9-20(25-27)23(29)24-18-5-7-19(8-6-18)26-11-13-30-14-12-26/h3-8,15H,9-14H2,1-2H3,(H,24,29). The Morgan fingerprint density at radius 3 is 2.50 bits per heavy atom. The van der Waals surface area contributed by atoms with Crippen molar-refractivity contribution in [2.24, 2.45) is 5.10 Å². The van der Waals surface area contributed by atoms with Crippen molar-refractivity contribution in [2.45, 2.75) is 26.7 Å². The molecule has 2 aromatic carbocycles. The van der Waals surface area contributed by atoms with E-state index < -0.39 is 0 Å². The van der Waals surface area contributed by atoms with E-state index in [9.17, 15) is 9.59 Å². The maximum absolute atomic E-state index is 12.8. The van der Waals surface area contributed by atoms with Gasteiger partial charge in [-0.05, 0) is 55.3 Å². The fourth-order valence-electron chi connectivity index (χ4n) is 3.63. The minimum absolute atomic E-state index is 0.102. The molecule has 7 nitrogen and oxygen atoms in total. The van der Waals surface area contributed by atoms with Crippen LogP contribution in [0.4, 0.5) is 17.1 Å². The van der Waals surface area contributed by atoms with E-state index in [-0.39, 0.29) is 18.2 Å². The lowest BCUT2D eigenvalue weighted by molar-refractivity contribution is -0.118. The fourth-order valence-corrected chi connectivity index (χ4v) is 3.63. The number of amides is 2. The maximum Gasteiger partial charge on any atom is 0.271 e. The van der Waals surface area contributed by atoms with Crippen molar-refractivity contribution >= 4 is 34.6 Å². The Morgan fingerprint density at radius 1 is 1.03 bits per heavy atom. The first-order chi connectivity index (χ1) is 14.5. The second-order valence-corrected chi connectivity index (χ2v) is 7.64. The molecule has 0 bridgehead atoms. The molecular formula is C23H26N4O3. The Bertz CT molecular complexity index is 978. The van der Waals surface area contributed by atoms with E-state index in [0.717, 1.165) is 48.8 Å². The number of hydrazone groups is 1. The minimum Gasteiger partial charge on any atom is -0.378 e. The zero-order valence-electron chi connectivity index (χ0n) is 17.4. The highest BCUT2D eigenvalue weighted by Crippen LogP contribution is 2.26. The topological polar surface area (TPSA) is 74.2 Å². The second kappa shape index (κ2) is 8.67. The second-order valence-electron chi connectivity index (χ2n) is 7.64. The van der Waals surface area contributed by atoms with Gasteiger partial charge < -0.3 is 15.0 Å². The van der Waals surface area contributed by atoms with Gasteiger partial charge in [0.2, 0.25) is 5.91 Å². The van der Waals surface area contributed by atoms with Crippen LogP contribution in [0.2, 0.25) is 0 Å². The molecule has 30 heavy (non-hydrogen) atoms. The summed E-state index contributed by atoms with van der Waals surface area (Å²) in [6, 6.07) is 13.6. The van der Waals surface area contributed by atoms with Gasteiger partial charge in [-0.15, -0.1) is 0 Å². The summed E-state index contributed by atoms with van der Waals surface area (Å²) in [6.45, 7) is 7.09. The molecule has 0 saturated carbocycles. The zero-order chi connectivity index (χ0) is 21.1. The van der Waals surface area contributed by atoms with Crippen molar-refractivity contribution in [1.82, 2.24) is 0 Å². The van der Waals surface area contributed by atoms with Gasteiger partial charge in [-0.2, -0.15) is 5.10 Å². The molecule has 1 fully saturated rings. The molecule has 0 aliphatic carbocycles. The normalized spacial score (nSPS) is 17.0. The first kappa shape index (κ1) is 20.1. The Kier molecular flexibility index (Phi) is 5.81. The predicted molar refractivity (Wildman–Crippen MR) is 118 cm³/mol. The third-order valence-corrected chi connectivity index (χ3v) is 5.39. The van der Waals surface area contributed by atoms with Crippen LogP contribution in [0.3, 0.4) is 0 Å². The maximum atomic E-state index is 12.8. The van der Waals surface area contributed by atoms with Crippen molar-refractivity contribution < 1.29 is 14.3 Å². The Balaban J connectivity index is 1.48. The lowest BCUT2D eigenvalue weighted by Gasteiger charge is -2.29. The van der Waals surface area contributed by atoms with Crippen molar-refractivity contribution in [2.75, 3.05) is 41.5 Å². The van der Waals surface area contributed by atoms with E-state index in [1.165, 1.54) is 5.01 Å². The van der Waals surface area contributed by atoms with Crippen LogP contribution in [0.1, 0.15) is 24.0 Å². The van der Waals surface area contributed by atoms with Crippen LogP contribution in [0.25, 0.3) is 0 Å². The largest absolute Gasteiger partial charge is 0.378 e. The lowest BCUT2D eigenvalue weighted by Crippen LogP contribution is -2.37. The number of nitrogens with zero attached hydrogens (tertiary/aromatic N) is 3. The Morgan fingerprint density at radius 2 is 1.77 bits per heavy atom. The molecule has 0 atom stereocenters. The number of ether oxygens (including phenoxy) is 1. The molecule has 156 valence electrons. The number of anilines is 3. The average Bonchev–Trinajstić information content (AvgIpc) is 2.77. The minimum atomic E-state index is -0.281. The van der Waals surface area contributed by atoms with Crippen LogP contribution < -0.4 is 15.2 Å². The van der Waals surface area contributed by atoms with E-state index in [1.807, 2.05) is 56.3 Å². The molecule has 4 rings (SSSR count). The molecule has 1 N–H and O–H groups in total. The van der Waals surface area contributed by atoms with Gasteiger partial charge in [0.15, 0.2) is 0 Å². The number of benzene rings is 2. The number of aryl methyl sites for hydroxylation is 2. The molecule has 7 heteroatoms. The molecule has 2 aromatic rings. The number of rotatable bonds is 4. The first-order valence-electron chi connectivity index (χ1n) is 10.2. The summed E-state index contributed by atoms with van der Waals surface area (Å²) in [5.41, 5.74) is 4.87. The summed E-state index contributed by atoms with van der Waals surface area (Å²) >= 11 is 0. The van der Waals surface area contributed by atoms with E-state index in [2.05, 4.69) is 15.3 Å². The number of hydrogen-bond donors (Lipinski definition) is 1. The number of carbonyl (C=O) groups excluding carboxylic acids is 2. The average molecular weight is 406 g/mol. The lowest BCUT2D eigenvalue weighted by atomic mass is 10.1. The van der Waals surface area contributed by atoms with Crippen molar-refractivity contribution in [3.05, 3.63) is 53.6 Å². The van der Waals surface area contributed by atoms with Gasteiger partial charge in [-0.3, -0.25) is 9.59 Å².